The lowest BCUT2D eigenvalue weighted by atomic mass is 10.3. The van der Waals surface area contributed by atoms with Crippen LogP contribution in [0.1, 0.15) is 0 Å². The summed E-state index contributed by atoms with van der Waals surface area (Å²) in [5.41, 5.74) is 6.85. The van der Waals surface area contributed by atoms with Gasteiger partial charge in [0, 0.05) is 15.6 Å². The quantitative estimate of drug-likeness (QED) is 0.598. The first kappa shape index (κ1) is 16.3. The molecule has 0 unspecified atom stereocenters. The van der Waals surface area contributed by atoms with Gasteiger partial charge in [-0.3, -0.25) is 4.79 Å². The zero-order valence-electron chi connectivity index (χ0n) is 10.7. The van der Waals surface area contributed by atoms with E-state index in [1.807, 2.05) is 0 Å². The summed E-state index contributed by atoms with van der Waals surface area (Å²) >= 11 is 19.2. The number of nitrogens with two attached hydrogens (primary N) is 1. The first-order valence-electron chi connectivity index (χ1n) is 5.89. The number of nitrogens with one attached hydrogen (secondary N) is 1. The van der Waals surface area contributed by atoms with E-state index in [1.54, 1.807) is 36.4 Å². The highest BCUT2D eigenvalue weighted by molar-refractivity contribution is 8.00. The number of nitrogen functional groups attached to an aromatic ring is 1. The predicted octanol–water partition coefficient (Wildman–Crippen LogP) is 4.96. The van der Waals surface area contributed by atoms with Gasteiger partial charge in [0.2, 0.25) is 5.91 Å². The molecule has 0 bridgehead atoms. The molecule has 0 radical (unpaired) electrons. The van der Waals surface area contributed by atoms with Crippen LogP contribution in [0.5, 0.6) is 0 Å². The molecule has 0 aliphatic heterocycles. The van der Waals surface area contributed by atoms with Crippen LogP contribution in [0.15, 0.2) is 41.3 Å². The smallest absolute Gasteiger partial charge is 0.234 e. The van der Waals surface area contributed by atoms with Crippen LogP contribution in [0, 0.1) is 0 Å². The molecule has 0 aliphatic carbocycles. The normalized spacial score (nSPS) is 10.4. The molecule has 7 heteroatoms. The fourth-order valence-corrected chi connectivity index (χ4v) is 3.07. The van der Waals surface area contributed by atoms with Gasteiger partial charge < -0.3 is 11.1 Å². The van der Waals surface area contributed by atoms with Gasteiger partial charge in [-0.1, -0.05) is 40.9 Å². The second kappa shape index (κ2) is 7.27. The maximum atomic E-state index is 12.0. The molecular formula is C14H11Cl3N2OS. The second-order valence-corrected chi connectivity index (χ2v) is 6.36. The number of thioether (sulfide) groups is 1. The molecule has 110 valence electrons. The molecule has 0 spiro atoms. The van der Waals surface area contributed by atoms with Gasteiger partial charge in [0.1, 0.15) is 0 Å². The third-order valence-corrected chi connectivity index (χ3v) is 4.69. The Labute approximate surface area is 141 Å². The second-order valence-electron chi connectivity index (χ2n) is 4.12. The summed E-state index contributed by atoms with van der Waals surface area (Å²) in [5.74, 6) is -0.0555. The van der Waals surface area contributed by atoms with Crippen molar-refractivity contribution in [2.75, 3.05) is 16.8 Å². The third-order valence-electron chi connectivity index (χ3n) is 2.55. The maximum absolute atomic E-state index is 12.0. The molecule has 0 aliphatic rings. The van der Waals surface area contributed by atoms with Gasteiger partial charge in [-0.2, -0.15) is 0 Å². The highest BCUT2D eigenvalue weighted by Gasteiger charge is 2.10. The maximum Gasteiger partial charge on any atom is 0.234 e. The Morgan fingerprint density at radius 2 is 1.90 bits per heavy atom. The number of hydrogen-bond acceptors (Lipinski definition) is 3. The number of carbonyl (C=O) groups is 1. The zero-order valence-corrected chi connectivity index (χ0v) is 13.8. The summed E-state index contributed by atoms with van der Waals surface area (Å²) in [6.07, 6.45) is 0. The zero-order chi connectivity index (χ0) is 15.4. The molecule has 0 heterocycles. The van der Waals surface area contributed by atoms with Crippen molar-refractivity contribution in [3.05, 3.63) is 51.5 Å². The SMILES string of the molecule is Nc1cccc(Cl)c1SCC(=O)Nc1cc(Cl)ccc1Cl. The van der Waals surface area contributed by atoms with E-state index >= 15 is 0 Å². The van der Waals surface area contributed by atoms with Crippen molar-refractivity contribution in [2.24, 2.45) is 0 Å². The van der Waals surface area contributed by atoms with Crippen molar-refractivity contribution >= 4 is 63.8 Å². The molecule has 0 atom stereocenters. The Kier molecular flexibility index (Phi) is 5.65. The topological polar surface area (TPSA) is 55.1 Å². The third kappa shape index (κ3) is 4.45. The number of rotatable bonds is 4. The van der Waals surface area contributed by atoms with Gasteiger partial charge in [-0.05, 0) is 30.3 Å². The van der Waals surface area contributed by atoms with Crippen LogP contribution in [-0.4, -0.2) is 11.7 Å². The van der Waals surface area contributed by atoms with E-state index in [2.05, 4.69) is 5.32 Å². The standard InChI is InChI=1S/C14H11Cl3N2OS/c15-8-4-5-9(16)12(6-8)19-13(20)7-21-14-10(17)2-1-3-11(14)18/h1-6H,7,18H2,(H,19,20). The molecule has 21 heavy (non-hydrogen) atoms. The van der Waals surface area contributed by atoms with Crippen molar-refractivity contribution in [2.45, 2.75) is 4.90 Å². The van der Waals surface area contributed by atoms with Crippen LogP contribution in [0.3, 0.4) is 0 Å². The number of halogens is 3. The molecule has 2 rings (SSSR count). The largest absolute Gasteiger partial charge is 0.398 e. The van der Waals surface area contributed by atoms with Gasteiger partial charge in [0.15, 0.2) is 0 Å². The summed E-state index contributed by atoms with van der Waals surface area (Å²) in [4.78, 5) is 12.6. The molecule has 2 aromatic carbocycles. The fraction of sp³-hybridized carbons (Fsp3) is 0.0714. The summed E-state index contributed by atoms with van der Waals surface area (Å²) in [6.45, 7) is 0. The Bertz CT molecular complexity index is 659. The minimum Gasteiger partial charge on any atom is -0.398 e. The number of benzene rings is 2. The van der Waals surface area contributed by atoms with E-state index in [0.717, 1.165) is 0 Å². The monoisotopic (exact) mass is 360 g/mol. The Morgan fingerprint density at radius 1 is 1.14 bits per heavy atom. The molecule has 2 aromatic rings. The molecule has 0 fully saturated rings. The van der Waals surface area contributed by atoms with Gasteiger partial charge in [-0.15, -0.1) is 11.8 Å². The Balaban J connectivity index is 2.01. The number of carbonyl (C=O) groups excluding carboxylic acids is 1. The minimum atomic E-state index is -0.219. The van der Waals surface area contributed by atoms with Crippen molar-refractivity contribution in [3.8, 4) is 0 Å². The number of amides is 1. The van der Waals surface area contributed by atoms with Crippen molar-refractivity contribution in [1.29, 1.82) is 0 Å². The fourth-order valence-electron chi connectivity index (χ4n) is 1.60. The summed E-state index contributed by atoms with van der Waals surface area (Å²) in [7, 11) is 0. The van der Waals surface area contributed by atoms with Crippen LogP contribution < -0.4 is 11.1 Å². The predicted molar refractivity (Wildman–Crippen MR) is 91.7 cm³/mol. The van der Waals surface area contributed by atoms with Gasteiger partial charge in [0.25, 0.3) is 0 Å². The van der Waals surface area contributed by atoms with Crippen LogP contribution in [0.4, 0.5) is 11.4 Å². The summed E-state index contributed by atoms with van der Waals surface area (Å²) < 4.78 is 0. The van der Waals surface area contributed by atoms with E-state index < -0.39 is 0 Å². The first-order chi connectivity index (χ1) is 9.97. The van der Waals surface area contributed by atoms with Gasteiger partial charge >= 0.3 is 0 Å². The highest BCUT2D eigenvalue weighted by Crippen LogP contribution is 2.32. The lowest BCUT2D eigenvalue weighted by Crippen LogP contribution is -2.14. The van der Waals surface area contributed by atoms with E-state index in [4.69, 9.17) is 40.5 Å². The highest BCUT2D eigenvalue weighted by atomic mass is 35.5. The number of anilines is 2. The van der Waals surface area contributed by atoms with Crippen LogP contribution in [-0.2, 0) is 4.79 Å². The first-order valence-corrected chi connectivity index (χ1v) is 8.01. The lowest BCUT2D eigenvalue weighted by Gasteiger charge is -2.09. The molecule has 0 aromatic heterocycles. The van der Waals surface area contributed by atoms with E-state index in [0.29, 0.717) is 31.3 Å². The van der Waals surface area contributed by atoms with Crippen LogP contribution in [0.2, 0.25) is 15.1 Å². The average molecular weight is 362 g/mol. The van der Waals surface area contributed by atoms with Crippen LogP contribution >= 0.6 is 46.6 Å². The molecular weight excluding hydrogens is 351 g/mol. The van der Waals surface area contributed by atoms with E-state index in [1.165, 1.54) is 11.8 Å². The molecule has 1 amide bonds. The van der Waals surface area contributed by atoms with Crippen molar-refractivity contribution in [1.82, 2.24) is 0 Å². The van der Waals surface area contributed by atoms with E-state index in [9.17, 15) is 4.79 Å². The number of hydrogen-bond donors (Lipinski definition) is 2. The Morgan fingerprint density at radius 3 is 2.62 bits per heavy atom. The molecule has 0 saturated heterocycles. The molecule has 3 N–H and O–H groups in total. The Hall–Kier alpha value is -1.07. The van der Waals surface area contributed by atoms with Crippen molar-refractivity contribution < 1.29 is 4.79 Å². The minimum absolute atomic E-state index is 0.163. The van der Waals surface area contributed by atoms with Crippen LogP contribution in [0.25, 0.3) is 0 Å². The summed E-state index contributed by atoms with van der Waals surface area (Å²) in [6, 6.07) is 10.1. The van der Waals surface area contributed by atoms with Gasteiger partial charge in [-0.25, -0.2) is 0 Å². The van der Waals surface area contributed by atoms with E-state index in [-0.39, 0.29) is 11.7 Å². The van der Waals surface area contributed by atoms with Crippen molar-refractivity contribution in [3.63, 3.8) is 0 Å². The molecule has 0 saturated carbocycles. The average Bonchev–Trinajstić information content (AvgIpc) is 2.42. The lowest BCUT2D eigenvalue weighted by molar-refractivity contribution is -0.113. The van der Waals surface area contributed by atoms with Gasteiger partial charge in [0.05, 0.1) is 21.5 Å². The molecule has 3 nitrogen and oxygen atoms in total. The summed E-state index contributed by atoms with van der Waals surface area (Å²) in [5, 5.41) is 4.15.